The van der Waals surface area contributed by atoms with Crippen molar-refractivity contribution < 1.29 is 23.0 Å². The van der Waals surface area contributed by atoms with Crippen molar-refractivity contribution >= 4 is 21.8 Å². The molecule has 3 aliphatic heterocycles. The lowest BCUT2D eigenvalue weighted by Gasteiger charge is -2.22. The summed E-state index contributed by atoms with van der Waals surface area (Å²) in [6.07, 6.45) is 3.61. The van der Waals surface area contributed by atoms with Gasteiger partial charge in [0.2, 0.25) is 0 Å². The Hall–Kier alpha value is -3.90. The molecule has 0 aliphatic carbocycles. The summed E-state index contributed by atoms with van der Waals surface area (Å²) in [5.74, 6) is 3.13. The van der Waals surface area contributed by atoms with Crippen LogP contribution in [-0.2, 0) is 16.1 Å². The lowest BCUT2D eigenvalue weighted by atomic mass is 9.92. The average molecular weight is 601 g/mol. The molecule has 3 aromatic carbocycles. The highest BCUT2D eigenvalue weighted by molar-refractivity contribution is 6.07. The number of rotatable bonds is 8. The predicted molar refractivity (Wildman–Crippen MR) is 162 cm³/mol. The SMILES string of the molecule is COC[C@@H]1CN[C@H](c2ncc(-c3ccc4c(c3)COc3cc5c(ccc6nc(C7C[C@H](COC(F)F)CN7)[nH]c65)cc3-4)[nH]2)C1. The van der Waals surface area contributed by atoms with Crippen molar-refractivity contribution in [2.75, 3.05) is 33.4 Å². The Morgan fingerprint density at radius 2 is 1.75 bits per heavy atom. The van der Waals surface area contributed by atoms with Gasteiger partial charge in [0.1, 0.15) is 24.0 Å². The molecule has 228 valence electrons. The number of alkyl halides is 2. The molecule has 5 heterocycles. The third-order valence-corrected chi connectivity index (χ3v) is 9.24. The van der Waals surface area contributed by atoms with Crippen molar-refractivity contribution in [1.29, 1.82) is 0 Å². The van der Waals surface area contributed by atoms with Gasteiger partial charge in [-0.1, -0.05) is 18.2 Å². The van der Waals surface area contributed by atoms with Crippen LogP contribution in [0.4, 0.5) is 8.78 Å². The van der Waals surface area contributed by atoms with E-state index in [1.165, 1.54) is 0 Å². The highest BCUT2D eigenvalue weighted by atomic mass is 19.3. The van der Waals surface area contributed by atoms with E-state index in [1.54, 1.807) is 7.11 Å². The van der Waals surface area contributed by atoms with Gasteiger partial charge >= 0.3 is 6.61 Å². The predicted octanol–water partition coefficient (Wildman–Crippen LogP) is 5.85. The summed E-state index contributed by atoms with van der Waals surface area (Å²) in [6, 6.07) is 15.1. The van der Waals surface area contributed by atoms with Crippen LogP contribution in [0.3, 0.4) is 0 Å². The molecule has 0 saturated carbocycles. The Kier molecular flexibility index (Phi) is 7.05. The van der Waals surface area contributed by atoms with E-state index in [9.17, 15) is 8.78 Å². The second kappa shape index (κ2) is 11.2. The lowest BCUT2D eigenvalue weighted by molar-refractivity contribution is -0.136. The van der Waals surface area contributed by atoms with Crippen LogP contribution in [-0.4, -0.2) is 60.0 Å². The zero-order chi connectivity index (χ0) is 29.8. The van der Waals surface area contributed by atoms with E-state index in [4.69, 9.17) is 14.5 Å². The van der Waals surface area contributed by atoms with E-state index < -0.39 is 6.61 Å². The lowest BCUT2D eigenvalue weighted by Crippen LogP contribution is -2.17. The molecule has 9 nitrogen and oxygen atoms in total. The van der Waals surface area contributed by atoms with Gasteiger partial charge in [-0.15, -0.1) is 0 Å². The van der Waals surface area contributed by atoms with E-state index >= 15 is 0 Å². The Labute approximate surface area is 252 Å². The monoisotopic (exact) mass is 600 g/mol. The Balaban J connectivity index is 1.05. The molecule has 2 fully saturated rings. The molecule has 0 spiro atoms. The summed E-state index contributed by atoms with van der Waals surface area (Å²) in [7, 11) is 1.75. The quantitative estimate of drug-likeness (QED) is 0.177. The molecule has 11 heteroatoms. The molecule has 2 aromatic heterocycles. The van der Waals surface area contributed by atoms with Crippen LogP contribution in [0.15, 0.2) is 48.7 Å². The molecular weight excluding hydrogens is 566 g/mol. The number of H-pyrrole nitrogens is 2. The molecular formula is C33H34F2N6O3. The van der Waals surface area contributed by atoms with E-state index in [1.807, 2.05) is 12.3 Å². The number of nitrogens with zero attached hydrogens (tertiary/aromatic N) is 2. The van der Waals surface area contributed by atoms with Gasteiger partial charge in [0.05, 0.1) is 48.2 Å². The van der Waals surface area contributed by atoms with Gasteiger partial charge in [0.15, 0.2) is 0 Å². The fourth-order valence-electron chi connectivity index (χ4n) is 7.04. The van der Waals surface area contributed by atoms with E-state index in [-0.39, 0.29) is 24.6 Å². The molecule has 4 atom stereocenters. The van der Waals surface area contributed by atoms with Crippen LogP contribution >= 0.6 is 0 Å². The van der Waals surface area contributed by atoms with Gasteiger partial charge in [-0.05, 0) is 71.0 Å². The number of aromatic amines is 2. The van der Waals surface area contributed by atoms with Crippen molar-refractivity contribution in [2.45, 2.75) is 38.1 Å². The van der Waals surface area contributed by atoms with Crippen molar-refractivity contribution in [3.63, 3.8) is 0 Å². The van der Waals surface area contributed by atoms with Crippen molar-refractivity contribution in [2.24, 2.45) is 11.8 Å². The Morgan fingerprint density at radius 1 is 0.932 bits per heavy atom. The number of hydrogen-bond acceptors (Lipinski definition) is 7. The van der Waals surface area contributed by atoms with Crippen LogP contribution in [0.5, 0.6) is 5.75 Å². The number of ether oxygens (including phenoxy) is 3. The van der Waals surface area contributed by atoms with Crippen LogP contribution < -0.4 is 15.4 Å². The van der Waals surface area contributed by atoms with Gasteiger partial charge in [-0.25, -0.2) is 9.97 Å². The first-order chi connectivity index (χ1) is 21.5. The molecule has 4 N–H and O–H groups in total. The highest BCUT2D eigenvalue weighted by Crippen LogP contribution is 2.43. The van der Waals surface area contributed by atoms with Crippen LogP contribution in [0, 0.1) is 11.8 Å². The van der Waals surface area contributed by atoms with Gasteiger partial charge in [0, 0.05) is 31.1 Å². The van der Waals surface area contributed by atoms with Gasteiger partial charge in [-0.3, -0.25) is 0 Å². The third kappa shape index (κ3) is 5.03. The largest absolute Gasteiger partial charge is 0.488 e. The van der Waals surface area contributed by atoms with Crippen LogP contribution in [0.2, 0.25) is 0 Å². The summed E-state index contributed by atoms with van der Waals surface area (Å²) in [6.45, 7) is 0.0795. The number of nitrogens with one attached hydrogen (secondary N) is 4. The number of benzene rings is 3. The maximum absolute atomic E-state index is 12.5. The molecule has 2 saturated heterocycles. The van der Waals surface area contributed by atoms with E-state index in [2.05, 4.69) is 66.7 Å². The molecule has 5 aromatic rings. The summed E-state index contributed by atoms with van der Waals surface area (Å²) in [5, 5.41) is 9.07. The number of fused-ring (bicyclic) bond motifs is 6. The van der Waals surface area contributed by atoms with E-state index in [0.717, 1.165) is 86.7 Å². The normalized spacial score (nSPS) is 23.0. The zero-order valence-corrected chi connectivity index (χ0v) is 24.3. The Morgan fingerprint density at radius 3 is 2.57 bits per heavy atom. The minimum Gasteiger partial charge on any atom is -0.488 e. The first-order valence-electron chi connectivity index (χ1n) is 15.2. The first kappa shape index (κ1) is 27.6. The number of imidazole rings is 2. The standard InChI is InChI=1S/C33H34F2N6O3/c1-42-14-17-6-26(36-11-17)31-38-13-28(40-31)20-2-4-22-21(8-20)16-43-29-10-23-19(9-24(22)29)3-5-25-30(23)41-32(39-25)27-7-18(12-37-27)15-44-33(34)35/h2-5,8-10,13,17-18,26-27,33,36-37H,6-7,11-12,14-16H2,1H3,(H,38,40)(H,39,41)/t17-,18-,26-,27?/m0/s1. The third-order valence-electron chi connectivity index (χ3n) is 9.24. The molecule has 3 aliphatic rings. The Bertz CT molecular complexity index is 1840. The highest BCUT2D eigenvalue weighted by Gasteiger charge is 2.30. The van der Waals surface area contributed by atoms with Crippen molar-refractivity contribution in [3.8, 4) is 28.1 Å². The van der Waals surface area contributed by atoms with Crippen molar-refractivity contribution in [3.05, 3.63) is 65.9 Å². The average Bonchev–Trinajstić information content (AvgIpc) is 3.85. The van der Waals surface area contributed by atoms with Gasteiger partial charge in [-0.2, -0.15) is 8.78 Å². The maximum atomic E-state index is 12.5. The summed E-state index contributed by atoms with van der Waals surface area (Å²) >= 11 is 0. The summed E-state index contributed by atoms with van der Waals surface area (Å²) in [4.78, 5) is 16.6. The molecule has 8 rings (SSSR count). The van der Waals surface area contributed by atoms with E-state index in [0.29, 0.717) is 25.5 Å². The van der Waals surface area contributed by atoms with Gasteiger partial charge < -0.3 is 34.8 Å². The number of aromatic nitrogens is 4. The fraction of sp³-hybridized carbons (Fsp3) is 0.394. The maximum Gasteiger partial charge on any atom is 0.345 e. The molecule has 0 radical (unpaired) electrons. The van der Waals surface area contributed by atoms with Gasteiger partial charge in [0.25, 0.3) is 0 Å². The smallest absolute Gasteiger partial charge is 0.345 e. The number of halogens is 2. The molecule has 1 unspecified atom stereocenters. The minimum atomic E-state index is -2.74. The number of methoxy groups -OCH3 is 1. The number of hydrogen-bond donors (Lipinski definition) is 4. The topological polar surface area (TPSA) is 109 Å². The summed E-state index contributed by atoms with van der Waals surface area (Å²) < 4.78 is 41.2. The fourth-order valence-corrected chi connectivity index (χ4v) is 7.04. The second-order valence-corrected chi connectivity index (χ2v) is 12.2. The van der Waals surface area contributed by atoms with Crippen LogP contribution in [0.25, 0.3) is 44.2 Å². The first-order valence-corrected chi connectivity index (χ1v) is 15.2. The van der Waals surface area contributed by atoms with Crippen LogP contribution in [0.1, 0.15) is 42.1 Å². The molecule has 0 bridgehead atoms. The molecule has 44 heavy (non-hydrogen) atoms. The molecule has 0 amide bonds. The summed E-state index contributed by atoms with van der Waals surface area (Å²) in [5.41, 5.74) is 7.24. The van der Waals surface area contributed by atoms with Crippen molar-refractivity contribution in [1.82, 2.24) is 30.6 Å². The minimum absolute atomic E-state index is 0.0217. The zero-order valence-electron chi connectivity index (χ0n) is 24.3. The second-order valence-electron chi connectivity index (χ2n) is 12.2.